The van der Waals surface area contributed by atoms with Crippen molar-refractivity contribution in [1.29, 1.82) is 0 Å². The molecule has 0 aromatic heterocycles. The second-order valence-electron chi connectivity index (χ2n) is 8.46. The molecule has 1 amide bonds. The van der Waals surface area contributed by atoms with Crippen LogP contribution >= 0.6 is 0 Å². The van der Waals surface area contributed by atoms with Crippen LogP contribution in [0.15, 0.2) is 66.7 Å². The van der Waals surface area contributed by atoms with Crippen molar-refractivity contribution in [2.75, 3.05) is 13.2 Å². The van der Waals surface area contributed by atoms with Crippen molar-refractivity contribution in [3.63, 3.8) is 0 Å². The fourth-order valence-corrected chi connectivity index (χ4v) is 4.65. The fourth-order valence-electron chi connectivity index (χ4n) is 4.65. The van der Waals surface area contributed by atoms with Crippen molar-refractivity contribution >= 4 is 6.09 Å². The summed E-state index contributed by atoms with van der Waals surface area (Å²) >= 11 is 0. The van der Waals surface area contributed by atoms with Gasteiger partial charge in [0.2, 0.25) is 0 Å². The van der Waals surface area contributed by atoms with Crippen LogP contribution < -0.4 is 0 Å². The minimum atomic E-state index is -1.02. The van der Waals surface area contributed by atoms with E-state index < -0.39 is 23.3 Å². The summed E-state index contributed by atoms with van der Waals surface area (Å²) in [6.45, 7) is 2.17. The van der Waals surface area contributed by atoms with E-state index in [1.54, 1.807) is 29.2 Å². The molecule has 4 nitrogen and oxygen atoms in total. The summed E-state index contributed by atoms with van der Waals surface area (Å²) in [6, 6.07) is 16.1. The topological polar surface area (TPSA) is 49.8 Å². The van der Waals surface area contributed by atoms with Gasteiger partial charge in [0.15, 0.2) is 0 Å². The lowest BCUT2D eigenvalue weighted by Crippen LogP contribution is -2.49. The second-order valence-corrected chi connectivity index (χ2v) is 8.46. The molecule has 3 aromatic rings. The van der Waals surface area contributed by atoms with E-state index >= 15 is 0 Å². The average Bonchev–Trinajstić information content (AvgIpc) is 2.82. The minimum absolute atomic E-state index is 0.177. The first-order valence-corrected chi connectivity index (χ1v) is 11.3. The van der Waals surface area contributed by atoms with Crippen molar-refractivity contribution in [2.45, 2.75) is 37.8 Å². The number of hydrogen-bond donors (Lipinski definition) is 1. The van der Waals surface area contributed by atoms with Crippen LogP contribution in [0.4, 0.5) is 18.0 Å². The van der Waals surface area contributed by atoms with Gasteiger partial charge in [0.25, 0.3) is 0 Å². The maximum absolute atomic E-state index is 14.2. The van der Waals surface area contributed by atoms with Gasteiger partial charge in [0.1, 0.15) is 23.1 Å². The van der Waals surface area contributed by atoms with Crippen molar-refractivity contribution < 1.29 is 27.8 Å². The monoisotopic (exact) mass is 469 g/mol. The molecule has 34 heavy (non-hydrogen) atoms. The SMILES string of the molecule is CC[C@@H](c1ccc(-c2ccc(F)cc2F)cc1)N1CC[C@](CCO)(c2ccc(F)cc2)OC1=O. The first-order valence-electron chi connectivity index (χ1n) is 11.3. The lowest BCUT2D eigenvalue weighted by molar-refractivity contribution is -0.0734. The zero-order valence-corrected chi connectivity index (χ0v) is 18.8. The average molecular weight is 470 g/mol. The Bertz CT molecular complexity index is 1150. The Hall–Kier alpha value is -3.32. The highest BCUT2D eigenvalue weighted by Crippen LogP contribution is 2.40. The van der Waals surface area contributed by atoms with Gasteiger partial charge in [-0.2, -0.15) is 0 Å². The maximum atomic E-state index is 14.2. The van der Waals surface area contributed by atoms with Gasteiger partial charge in [-0.3, -0.25) is 0 Å². The summed E-state index contributed by atoms with van der Waals surface area (Å²) < 4.78 is 46.7. The Labute approximate surface area is 196 Å². The van der Waals surface area contributed by atoms with Gasteiger partial charge in [0, 0.05) is 37.6 Å². The predicted octanol–water partition coefficient (Wildman–Crippen LogP) is 6.34. The molecule has 3 aromatic carbocycles. The number of nitrogens with zero attached hydrogens (tertiary/aromatic N) is 1. The summed E-state index contributed by atoms with van der Waals surface area (Å²) in [5.41, 5.74) is 1.40. The van der Waals surface area contributed by atoms with Crippen molar-refractivity contribution in [3.8, 4) is 11.1 Å². The largest absolute Gasteiger partial charge is 0.438 e. The molecule has 1 aliphatic rings. The van der Waals surface area contributed by atoms with Crippen LogP contribution in [0, 0.1) is 17.5 Å². The quantitative estimate of drug-likeness (QED) is 0.439. The smallest absolute Gasteiger partial charge is 0.411 e. The van der Waals surface area contributed by atoms with E-state index in [0.717, 1.165) is 11.6 Å². The molecule has 2 atom stereocenters. The summed E-state index contributed by atoms with van der Waals surface area (Å²) in [6.07, 6.45) is 0.778. The highest BCUT2D eigenvalue weighted by Gasteiger charge is 2.43. The zero-order chi connectivity index (χ0) is 24.3. The highest BCUT2D eigenvalue weighted by molar-refractivity contribution is 5.70. The van der Waals surface area contributed by atoms with Crippen LogP contribution in [-0.4, -0.2) is 29.3 Å². The van der Waals surface area contributed by atoms with E-state index in [0.29, 0.717) is 36.1 Å². The summed E-state index contributed by atoms with van der Waals surface area (Å²) in [5, 5.41) is 9.61. The molecule has 1 aliphatic heterocycles. The van der Waals surface area contributed by atoms with Crippen LogP contribution in [-0.2, 0) is 10.3 Å². The lowest BCUT2D eigenvalue weighted by atomic mass is 9.85. The molecule has 0 aliphatic carbocycles. The van der Waals surface area contributed by atoms with Gasteiger partial charge in [-0.15, -0.1) is 0 Å². The van der Waals surface area contributed by atoms with E-state index in [9.17, 15) is 23.1 Å². The number of benzene rings is 3. The van der Waals surface area contributed by atoms with Crippen LogP contribution in [0.1, 0.15) is 43.4 Å². The Morgan fingerprint density at radius 3 is 2.26 bits per heavy atom. The molecule has 1 saturated heterocycles. The minimum Gasteiger partial charge on any atom is -0.438 e. The number of cyclic esters (lactones) is 1. The molecule has 1 fully saturated rings. The Kier molecular flexibility index (Phi) is 6.93. The first-order chi connectivity index (χ1) is 16.4. The summed E-state index contributed by atoms with van der Waals surface area (Å²) in [7, 11) is 0. The van der Waals surface area contributed by atoms with Crippen LogP contribution in [0.25, 0.3) is 11.1 Å². The van der Waals surface area contributed by atoms with Crippen LogP contribution in [0.3, 0.4) is 0 Å². The molecule has 0 spiro atoms. The van der Waals surface area contributed by atoms with E-state index in [1.807, 2.05) is 19.1 Å². The molecule has 1 N–H and O–H groups in total. The van der Waals surface area contributed by atoms with Gasteiger partial charge < -0.3 is 14.7 Å². The zero-order valence-electron chi connectivity index (χ0n) is 18.8. The molecule has 1 heterocycles. The van der Waals surface area contributed by atoms with E-state index in [-0.39, 0.29) is 24.9 Å². The number of carbonyl (C=O) groups excluding carboxylic acids is 1. The fraction of sp³-hybridized carbons (Fsp3) is 0.296. The van der Waals surface area contributed by atoms with Crippen molar-refractivity contribution in [3.05, 3.63) is 95.3 Å². The number of hydrogen-bond acceptors (Lipinski definition) is 3. The van der Waals surface area contributed by atoms with Crippen molar-refractivity contribution in [2.24, 2.45) is 0 Å². The van der Waals surface area contributed by atoms with E-state index in [4.69, 9.17) is 4.74 Å². The molecule has 7 heteroatoms. The lowest BCUT2D eigenvalue weighted by Gasteiger charge is -2.44. The Balaban J connectivity index is 1.55. The maximum Gasteiger partial charge on any atom is 0.411 e. The first kappa shape index (κ1) is 23.8. The number of halogens is 3. The third-order valence-corrected chi connectivity index (χ3v) is 6.46. The molecule has 0 radical (unpaired) electrons. The normalized spacial score (nSPS) is 19.1. The summed E-state index contributed by atoms with van der Waals surface area (Å²) in [4.78, 5) is 14.8. The number of ether oxygens (including phenoxy) is 1. The third kappa shape index (κ3) is 4.66. The molecule has 4 rings (SSSR count). The second kappa shape index (κ2) is 9.89. The molecule has 0 unspecified atom stereocenters. The standard InChI is InChI=1S/C27H26F3NO3/c1-2-25(19-5-3-18(4-6-19)23-12-11-22(29)17-24(23)30)31-15-13-27(14-16-32,34-26(31)33)20-7-9-21(28)10-8-20/h3-12,17,25,32H,2,13-16H2,1H3/t25-,27-/m0/s1. The Morgan fingerprint density at radius 1 is 1.00 bits per heavy atom. The summed E-state index contributed by atoms with van der Waals surface area (Å²) in [5.74, 6) is -1.66. The van der Waals surface area contributed by atoms with Gasteiger partial charge in [-0.05, 0) is 47.4 Å². The molecule has 0 saturated carbocycles. The van der Waals surface area contributed by atoms with Gasteiger partial charge in [-0.25, -0.2) is 18.0 Å². The number of carbonyl (C=O) groups is 1. The third-order valence-electron chi connectivity index (χ3n) is 6.46. The van der Waals surface area contributed by atoms with Gasteiger partial charge >= 0.3 is 6.09 Å². The molecular weight excluding hydrogens is 443 g/mol. The predicted molar refractivity (Wildman–Crippen MR) is 122 cm³/mol. The van der Waals surface area contributed by atoms with E-state index in [1.165, 1.54) is 24.3 Å². The Morgan fingerprint density at radius 2 is 1.68 bits per heavy atom. The van der Waals surface area contributed by atoms with Crippen LogP contribution in [0.5, 0.6) is 0 Å². The number of rotatable bonds is 7. The van der Waals surface area contributed by atoms with Crippen LogP contribution in [0.2, 0.25) is 0 Å². The highest BCUT2D eigenvalue weighted by atomic mass is 19.1. The molecule has 0 bridgehead atoms. The van der Waals surface area contributed by atoms with Crippen molar-refractivity contribution in [1.82, 2.24) is 4.90 Å². The number of amides is 1. The molecular formula is C27H26F3NO3. The molecule has 178 valence electrons. The number of aliphatic hydroxyl groups excluding tert-OH is 1. The van der Waals surface area contributed by atoms with E-state index in [2.05, 4.69) is 0 Å². The number of aliphatic hydroxyl groups is 1. The van der Waals surface area contributed by atoms with Gasteiger partial charge in [0.05, 0.1) is 6.04 Å². The van der Waals surface area contributed by atoms with Gasteiger partial charge in [-0.1, -0.05) is 43.3 Å².